The normalized spacial score (nSPS) is 20.6. The molecular formula is C17H24N4O3. The van der Waals surface area contributed by atoms with Gasteiger partial charge in [-0.25, -0.2) is 4.68 Å². The van der Waals surface area contributed by atoms with Gasteiger partial charge in [0.25, 0.3) is 11.5 Å². The fraction of sp³-hybridized carbons (Fsp3) is 0.647. The molecule has 7 nitrogen and oxygen atoms in total. The number of hydrogen-bond donors (Lipinski definition) is 1. The van der Waals surface area contributed by atoms with Crippen molar-refractivity contribution in [3.8, 4) is 0 Å². The summed E-state index contributed by atoms with van der Waals surface area (Å²) < 4.78 is 6.24. The topological polar surface area (TPSA) is 90.0 Å². The van der Waals surface area contributed by atoms with Crippen molar-refractivity contribution in [3.05, 3.63) is 21.8 Å². The summed E-state index contributed by atoms with van der Waals surface area (Å²) in [5.74, 6) is 0.713. The van der Waals surface area contributed by atoms with Crippen LogP contribution in [-0.4, -0.2) is 26.9 Å². The highest BCUT2D eigenvalue weighted by atomic mass is 16.5. The van der Waals surface area contributed by atoms with Gasteiger partial charge in [0, 0.05) is 13.1 Å². The molecule has 0 bridgehead atoms. The monoisotopic (exact) mass is 332 g/mol. The zero-order valence-electron chi connectivity index (χ0n) is 14.5. The second-order valence-electron chi connectivity index (χ2n) is 6.65. The molecule has 0 saturated heterocycles. The number of hydrogen-bond acceptors (Lipinski definition) is 5. The van der Waals surface area contributed by atoms with Crippen LogP contribution < -0.4 is 10.9 Å². The predicted molar refractivity (Wildman–Crippen MR) is 89.9 cm³/mol. The quantitative estimate of drug-likeness (QED) is 0.907. The lowest BCUT2D eigenvalue weighted by Gasteiger charge is -2.20. The van der Waals surface area contributed by atoms with Crippen molar-refractivity contribution >= 4 is 16.8 Å². The van der Waals surface area contributed by atoms with Crippen molar-refractivity contribution in [2.75, 3.05) is 0 Å². The van der Waals surface area contributed by atoms with Crippen LogP contribution in [0.5, 0.6) is 0 Å². The van der Waals surface area contributed by atoms with E-state index < -0.39 is 0 Å². The Bertz CT molecular complexity index is 808. The molecule has 24 heavy (non-hydrogen) atoms. The van der Waals surface area contributed by atoms with Crippen molar-refractivity contribution in [2.45, 2.75) is 58.4 Å². The second kappa shape index (κ2) is 6.75. The average molecular weight is 332 g/mol. The van der Waals surface area contributed by atoms with Crippen LogP contribution in [-0.2, 0) is 7.05 Å². The van der Waals surface area contributed by atoms with Crippen LogP contribution in [0.15, 0.2) is 9.32 Å². The van der Waals surface area contributed by atoms with Crippen molar-refractivity contribution < 1.29 is 9.32 Å². The Morgan fingerprint density at radius 3 is 2.96 bits per heavy atom. The lowest BCUT2D eigenvalue weighted by atomic mass is 9.96. The molecule has 0 aromatic carbocycles. The van der Waals surface area contributed by atoms with Gasteiger partial charge in [-0.15, -0.1) is 0 Å². The average Bonchev–Trinajstić information content (AvgIpc) is 3.16. The van der Waals surface area contributed by atoms with Crippen molar-refractivity contribution in [1.82, 2.24) is 20.3 Å². The number of rotatable bonds is 5. The Kier molecular flexibility index (Phi) is 4.69. The molecule has 0 aliphatic heterocycles. The molecule has 0 radical (unpaired) electrons. The van der Waals surface area contributed by atoms with Gasteiger partial charge in [0.15, 0.2) is 11.2 Å². The number of carbonyl (C=O) groups excluding carboxylic acids is 1. The van der Waals surface area contributed by atoms with Gasteiger partial charge >= 0.3 is 0 Å². The number of nitrogens with one attached hydrogen (secondary N) is 1. The Morgan fingerprint density at radius 2 is 2.21 bits per heavy atom. The number of aromatic nitrogens is 3. The first-order valence-electron chi connectivity index (χ1n) is 8.67. The second-order valence-corrected chi connectivity index (χ2v) is 6.65. The molecule has 3 rings (SSSR count). The summed E-state index contributed by atoms with van der Waals surface area (Å²) >= 11 is 0. The van der Waals surface area contributed by atoms with Gasteiger partial charge in [0.2, 0.25) is 0 Å². The van der Waals surface area contributed by atoms with Gasteiger partial charge < -0.3 is 9.84 Å². The lowest BCUT2D eigenvalue weighted by molar-refractivity contribution is 0.0921. The van der Waals surface area contributed by atoms with E-state index in [-0.39, 0.29) is 28.7 Å². The molecule has 1 N–H and O–H groups in total. The summed E-state index contributed by atoms with van der Waals surface area (Å²) in [6.45, 7) is 3.87. The summed E-state index contributed by atoms with van der Waals surface area (Å²) in [7, 11) is 1.52. The Morgan fingerprint density at radius 1 is 1.42 bits per heavy atom. The number of carbonyl (C=O) groups is 1. The standard InChI is InChI=1S/C17H24N4O3/c1-4-5-7-11-8-6-9-12(11)18-16(22)14-13-10(2)24-20-15(13)17(23)21(3)19-14/h11-12H,4-9H2,1-3H3,(H,18,22). The molecule has 1 saturated carbocycles. The molecule has 1 aliphatic carbocycles. The summed E-state index contributed by atoms with van der Waals surface area (Å²) in [6, 6.07) is 0.179. The molecule has 2 atom stereocenters. The van der Waals surface area contributed by atoms with Gasteiger partial charge in [-0.1, -0.05) is 31.3 Å². The van der Waals surface area contributed by atoms with E-state index in [1.807, 2.05) is 0 Å². The number of fused-ring (bicyclic) bond motifs is 1. The highest BCUT2D eigenvalue weighted by Crippen LogP contribution is 2.30. The summed E-state index contributed by atoms with van der Waals surface area (Å²) in [5.41, 5.74) is 0.0104. The van der Waals surface area contributed by atoms with Crippen molar-refractivity contribution in [2.24, 2.45) is 13.0 Å². The van der Waals surface area contributed by atoms with Crippen LogP contribution in [0.3, 0.4) is 0 Å². The van der Waals surface area contributed by atoms with E-state index in [0.717, 1.165) is 30.4 Å². The number of nitrogens with zero attached hydrogens (tertiary/aromatic N) is 3. The van der Waals surface area contributed by atoms with Gasteiger partial charge in [-0.3, -0.25) is 9.59 Å². The first kappa shape index (κ1) is 16.7. The van der Waals surface area contributed by atoms with E-state index in [0.29, 0.717) is 17.1 Å². The van der Waals surface area contributed by atoms with Crippen LogP contribution in [0.4, 0.5) is 0 Å². The zero-order chi connectivity index (χ0) is 17.3. The molecule has 1 aliphatic rings. The molecule has 130 valence electrons. The minimum Gasteiger partial charge on any atom is -0.360 e. The minimum atomic E-state index is -0.361. The van der Waals surface area contributed by atoms with Crippen LogP contribution in [0.1, 0.15) is 61.7 Å². The van der Waals surface area contributed by atoms with Crippen LogP contribution in [0, 0.1) is 12.8 Å². The summed E-state index contributed by atoms with van der Waals surface area (Å²) in [6.07, 6.45) is 6.79. The van der Waals surface area contributed by atoms with Crippen molar-refractivity contribution in [3.63, 3.8) is 0 Å². The molecule has 2 aromatic rings. The largest absolute Gasteiger partial charge is 0.360 e. The van der Waals surface area contributed by atoms with Crippen LogP contribution >= 0.6 is 0 Å². The van der Waals surface area contributed by atoms with E-state index in [1.54, 1.807) is 6.92 Å². The Labute approximate surface area is 140 Å². The summed E-state index contributed by atoms with van der Waals surface area (Å²) in [4.78, 5) is 24.9. The molecular weight excluding hydrogens is 308 g/mol. The predicted octanol–water partition coefficient (Wildman–Crippen LogP) is 2.32. The maximum absolute atomic E-state index is 12.8. The molecule has 2 unspecified atom stereocenters. The number of amides is 1. The molecule has 0 spiro atoms. The Balaban J connectivity index is 1.88. The van der Waals surface area contributed by atoms with Gasteiger partial charge in [-0.2, -0.15) is 5.10 Å². The SMILES string of the molecule is CCCCC1CCCC1NC(=O)c1nn(C)c(=O)c2noc(C)c12. The highest BCUT2D eigenvalue weighted by molar-refractivity contribution is 6.04. The molecule has 1 fully saturated rings. The van der Waals surface area contributed by atoms with Gasteiger partial charge in [0.1, 0.15) is 5.76 Å². The third-order valence-corrected chi connectivity index (χ3v) is 4.97. The third kappa shape index (κ3) is 2.95. The molecule has 2 heterocycles. The third-order valence-electron chi connectivity index (χ3n) is 4.97. The summed E-state index contributed by atoms with van der Waals surface area (Å²) in [5, 5.41) is 11.5. The maximum atomic E-state index is 12.8. The first-order valence-corrected chi connectivity index (χ1v) is 8.67. The zero-order valence-corrected chi connectivity index (χ0v) is 14.5. The smallest absolute Gasteiger partial charge is 0.296 e. The van der Waals surface area contributed by atoms with Gasteiger partial charge in [0.05, 0.1) is 5.39 Å². The lowest BCUT2D eigenvalue weighted by Crippen LogP contribution is -2.39. The fourth-order valence-electron chi connectivity index (χ4n) is 3.63. The van der Waals surface area contributed by atoms with Crippen LogP contribution in [0.2, 0.25) is 0 Å². The first-order chi connectivity index (χ1) is 11.5. The van der Waals surface area contributed by atoms with Gasteiger partial charge in [-0.05, 0) is 32.1 Å². The molecule has 1 amide bonds. The number of aryl methyl sites for hydroxylation is 2. The minimum absolute atomic E-state index is 0.157. The van der Waals surface area contributed by atoms with E-state index in [4.69, 9.17) is 4.52 Å². The van der Waals surface area contributed by atoms with E-state index in [2.05, 4.69) is 22.5 Å². The number of unbranched alkanes of at least 4 members (excludes halogenated alkanes) is 1. The molecule has 7 heteroatoms. The van der Waals surface area contributed by atoms with E-state index >= 15 is 0 Å². The van der Waals surface area contributed by atoms with Crippen molar-refractivity contribution in [1.29, 1.82) is 0 Å². The maximum Gasteiger partial charge on any atom is 0.296 e. The fourth-order valence-corrected chi connectivity index (χ4v) is 3.63. The Hall–Kier alpha value is -2.18. The highest BCUT2D eigenvalue weighted by Gasteiger charge is 2.30. The van der Waals surface area contributed by atoms with E-state index in [1.165, 1.54) is 19.9 Å². The van der Waals surface area contributed by atoms with Crippen LogP contribution in [0.25, 0.3) is 10.9 Å². The molecule has 2 aromatic heterocycles. The van der Waals surface area contributed by atoms with E-state index in [9.17, 15) is 9.59 Å².